The van der Waals surface area contributed by atoms with E-state index in [1.165, 1.54) is 0 Å². The molecular formula is C10H12BrN5. The summed E-state index contributed by atoms with van der Waals surface area (Å²) < 4.78 is 0.865. The second-order valence-corrected chi connectivity index (χ2v) is 4.22. The van der Waals surface area contributed by atoms with Gasteiger partial charge in [-0.05, 0) is 22.4 Å². The first-order valence-corrected chi connectivity index (χ1v) is 5.82. The fourth-order valence-electron chi connectivity index (χ4n) is 1.37. The van der Waals surface area contributed by atoms with E-state index in [0.717, 1.165) is 16.7 Å². The van der Waals surface area contributed by atoms with Gasteiger partial charge in [0.15, 0.2) is 0 Å². The molecule has 2 heterocycles. The molecule has 0 fully saturated rings. The topological polar surface area (TPSA) is 66.5 Å². The van der Waals surface area contributed by atoms with Crippen LogP contribution in [0, 0.1) is 0 Å². The SMILES string of the molecule is CCC(Nc1ncc(Br)cn1)c1ncc[nH]1. The second kappa shape index (κ2) is 5.07. The summed E-state index contributed by atoms with van der Waals surface area (Å²) in [5.74, 6) is 1.50. The van der Waals surface area contributed by atoms with Crippen LogP contribution in [0.2, 0.25) is 0 Å². The van der Waals surface area contributed by atoms with E-state index in [1.807, 2.05) is 6.20 Å². The molecule has 84 valence electrons. The molecule has 0 radical (unpaired) electrons. The Hall–Kier alpha value is -1.43. The highest BCUT2D eigenvalue weighted by molar-refractivity contribution is 9.10. The first-order chi connectivity index (χ1) is 7.79. The molecule has 6 heteroatoms. The maximum atomic E-state index is 4.22. The van der Waals surface area contributed by atoms with Gasteiger partial charge in [0.05, 0.1) is 10.5 Å². The molecule has 2 N–H and O–H groups in total. The lowest BCUT2D eigenvalue weighted by atomic mass is 10.2. The van der Waals surface area contributed by atoms with Crippen molar-refractivity contribution in [1.82, 2.24) is 19.9 Å². The van der Waals surface area contributed by atoms with Crippen molar-refractivity contribution in [3.05, 3.63) is 35.1 Å². The van der Waals surface area contributed by atoms with Crippen molar-refractivity contribution in [2.24, 2.45) is 0 Å². The minimum atomic E-state index is 0.108. The Kier molecular flexibility index (Phi) is 3.51. The normalized spacial score (nSPS) is 12.4. The Labute approximate surface area is 102 Å². The van der Waals surface area contributed by atoms with E-state index < -0.39 is 0 Å². The van der Waals surface area contributed by atoms with Crippen LogP contribution in [0.5, 0.6) is 0 Å². The molecule has 2 rings (SSSR count). The van der Waals surface area contributed by atoms with Gasteiger partial charge in [-0.2, -0.15) is 0 Å². The molecule has 0 saturated carbocycles. The summed E-state index contributed by atoms with van der Waals surface area (Å²) in [6.07, 6.45) is 7.88. The van der Waals surface area contributed by atoms with Gasteiger partial charge >= 0.3 is 0 Å². The minimum Gasteiger partial charge on any atom is -0.347 e. The summed E-state index contributed by atoms with van der Waals surface area (Å²) in [5, 5.41) is 3.22. The standard InChI is InChI=1S/C10H12BrN5/c1-2-8(9-12-3-4-13-9)16-10-14-5-7(11)6-15-10/h3-6,8H,2H2,1H3,(H,12,13)(H,14,15,16). The molecule has 5 nitrogen and oxygen atoms in total. The molecular weight excluding hydrogens is 270 g/mol. The maximum Gasteiger partial charge on any atom is 0.223 e. The number of hydrogen-bond donors (Lipinski definition) is 2. The van der Waals surface area contributed by atoms with Gasteiger partial charge in [-0.3, -0.25) is 0 Å². The van der Waals surface area contributed by atoms with Crippen LogP contribution < -0.4 is 5.32 Å². The number of rotatable bonds is 4. The Bertz CT molecular complexity index is 425. The van der Waals surface area contributed by atoms with Gasteiger partial charge in [0.25, 0.3) is 0 Å². The lowest BCUT2D eigenvalue weighted by Gasteiger charge is -2.14. The summed E-state index contributed by atoms with van der Waals surface area (Å²) in [4.78, 5) is 15.6. The van der Waals surface area contributed by atoms with E-state index in [1.54, 1.807) is 18.6 Å². The highest BCUT2D eigenvalue weighted by Crippen LogP contribution is 2.17. The summed E-state index contributed by atoms with van der Waals surface area (Å²) in [5.41, 5.74) is 0. The van der Waals surface area contributed by atoms with Crippen molar-refractivity contribution in [3.8, 4) is 0 Å². The number of halogens is 1. The summed E-state index contributed by atoms with van der Waals surface area (Å²) in [6, 6.07) is 0.108. The quantitative estimate of drug-likeness (QED) is 0.904. The molecule has 0 saturated heterocycles. The number of aromatic amines is 1. The van der Waals surface area contributed by atoms with Gasteiger partial charge in [-0.15, -0.1) is 0 Å². The smallest absolute Gasteiger partial charge is 0.223 e. The fourth-order valence-corrected chi connectivity index (χ4v) is 1.58. The molecule has 1 unspecified atom stereocenters. The first-order valence-electron chi connectivity index (χ1n) is 5.03. The van der Waals surface area contributed by atoms with Crippen molar-refractivity contribution >= 4 is 21.9 Å². The van der Waals surface area contributed by atoms with Gasteiger partial charge in [0.2, 0.25) is 5.95 Å². The van der Waals surface area contributed by atoms with Crippen LogP contribution in [0.25, 0.3) is 0 Å². The zero-order valence-electron chi connectivity index (χ0n) is 8.81. The first kappa shape index (κ1) is 11.1. The van der Waals surface area contributed by atoms with Crippen LogP contribution in [0.3, 0.4) is 0 Å². The number of nitrogens with zero attached hydrogens (tertiary/aromatic N) is 3. The average Bonchev–Trinajstić information content (AvgIpc) is 2.82. The van der Waals surface area contributed by atoms with Gasteiger partial charge in [-0.25, -0.2) is 15.0 Å². The van der Waals surface area contributed by atoms with E-state index in [-0.39, 0.29) is 6.04 Å². The van der Waals surface area contributed by atoms with Crippen molar-refractivity contribution < 1.29 is 0 Å². The van der Waals surface area contributed by atoms with Crippen molar-refractivity contribution in [1.29, 1.82) is 0 Å². The molecule has 0 bridgehead atoms. The fraction of sp³-hybridized carbons (Fsp3) is 0.300. The monoisotopic (exact) mass is 281 g/mol. The molecule has 16 heavy (non-hydrogen) atoms. The Morgan fingerprint density at radius 1 is 1.38 bits per heavy atom. The number of aromatic nitrogens is 4. The molecule has 0 aliphatic rings. The number of imidazole rings is 1. The third-order valence-electron chi connectivity index (χ3n) is 2.18. The van der Waals surface area contributed by atoms with Gasteiger partial charge in [-0.1, -0.05) is 6.92 Å². The van der Waals surface area contributed by atoms with Crippen LogP contribution in [0.4, 0.5) is 5.95 Å². The van der Waals surface area contributed by atoms with E-state index in [0.29, 0.717) is 5.95 Å². The zero-order valence-corrected chi connectivity index (χ0v) is 10.4. The van der Waals surface area contributed by atoms with E-state index >= 15 is 0 Å². The minimum absolute atomic E-state index is 0.108. The Morgan fingerprint density at radius 2 is 2.12 bits per heavy atom. The second-order valence-electron chi connectivity index (χ2n) is 3.30. The van der Waals surface area contributed by atoms with Crippen LogP contribution >= 0.6 is 15.9 Å². The highest BCUT2D eigenvalue weighted by atomic mass is 79.9. The number of hydrogen-bond acceptors (Lipinski definition) is 4. The molecule has 0 aliphatic heterocycles. The van der Waals surface area contributed by atoms with Crippen LogP contribution in [-0.2, 0) is 0 Å². The third kappa shape index (κ3) is 2.57. The van der Waals surface area contributed by atoms with Crippen molar-refractivity contribution in [2.45, 2.75) is 19.4 Å². The maximum absolute atomic E-state index is 4.22. The summed E-state index contributed by atoms with van der Waals surface area (Å²) in [7, 11) is 0. The van der Waals surface area contributed by atoms with Crippen molar-refractivity contribution in [3.63, 3.8) is 0 Å². The highest BCUT2D eigenvalue weighted by Gasteiger charge is 2.12. The predicted molar refractivity (Wildman–Crippen MR) is 65.0 cm³/mol. The molecule has 0 spiro atoms. The Morgan fingerprint density at radius 3 is 2.69 bits per heavy atom. The van der Waals surface area contributed by atoms with E-state index in [2.05, 4.69) is 48.1 Å². The van der Waals surface area contributed by atoms with Crippen LogP contribution in [0.15, 0.2) is 29.3 Å². The van der Waals surface area contributed by atoms with Gasteiger partial charge in [0, 0.05) is 24.8 Å². The number of anilines is 1. The predicted octanol–water partition coefficient (Wildman–Crippen LogP) is 2.53. The summed E-state index contributed by atoms with van der Waals surface area (Å²) >= 11 is 3.30. The van der Waals surface area contributed by atoms with Gasteiger partial charge < -0.3 is 10.3 Å². The summed E-state index contributed by atoms with van der Waals surface area (Å²) in [6.45, 7) is 2.08. The van der Waals surface area contributed by atoms with Crippen LogP contribution in [-0.4, -0.2) is 19.9 Å². The molecule has 0 aromatic carbocycles. The van der Waals surface area contributed by atoms with E-state index in [9.17, 15) is 0 Å². The number of H-pyrrole nitrogens is 1. The lowest BCUT2D eigenvalue weighted by Crippen LogP contribution is -2.13. The molecule has 2 aromatic heterocycles. The largest absolute Gasteiger partial charge is 0.347 e. The van der Waals surface area contributed by atoms with Crippen LogP contribution in [0.1, 0.15) is 25.2 Å². The number of nitrogens with one attached hydrogen (secondary N) is 2. The Balaban J connectivity index is 2.10. The molecule has 1 atom stereocenters. The third-order valence-corrected chi connectivity index (χ3v) is 2.59. The molecule has 0 aliphatic carbocycles. The van der Waals surface area contributed by atoms with E-state index in [4.69, 9.17) is 0 Å². The molecule has 2 aromatic rings. The van der Waals surface area contributed by atoms with Gasteiger partial charge in [0.1, 0.15) is 5.82 Å². The lowest BCUT2D eigenvalue weighted by molar-refractivity contribution is 0.695. The zero-order chi connectivity index (χ0) is 11.4. The van der Waals surface area contributed by atoms with Crippen molar-refractivity contribution in [2.75, 3.05) is 5.32 Å². The molecule has 0 amide bonds. The average molecular weight is 282 g/mol.